The summed E-state index contributed by atoms with van der Waals surface area (Å²) in [5, 5.41) is 0. The van der Waals surface area contributed by atoms with Crippen molar-refractivity contribution in [2.24, 2.45) is 5.73 Å². The van der Waals surface area contributed by atoms with Crippen molar-refractivity contribution in [2.75, 3.05) is 4.43 Å². The minimum absolute atomic E-state index is 0.133. The number of carbonyl (C=O) groups is 1. The first-order valence-electron chi connectivity index (χ1n) is 6.14. The van der Waals surface area contributed by atoms with Crippen LogP contribution in [0.1, 0.15) is 32.6 Å². The Hall–Kier alpha value is -0.780. The second-order valence-corrected chi connectivity index (χ2v) is 4.81. The Balaban J connectivity index is 4.56. The number of amides is 1. The number of halogens is 1. The molecule has 0 saturated heterocycles. The zero-order valence-electron chi connectivity index (χ0n) is 10.9. The highest BCUT2D eigenvalue weighted by atomic mass is 127. The lowest BCUT2D eigenvalue weighted by molar-refractivity contribution is 0.100. The molecule has 0 aliphatic rings. The van der Waals surface area contributed by atoms with E-state index in [1.54, 1.807) is 6.08 Å². The van der Waals surface area contributed by atoms with Crippen molar-refractivity contribution in [2.45, 2.75) is 38.7 Å². The van der Waals surface area contributed by atoms with Crippen LogP contribution in [-0.4, -0.2) is 16.6 Å². The van der Waals surface area contributed by atoms with Crippen LogP contribution in [0, 0.1) is 0 Å². The monoisotopic (exact) mass is 363 g/mol. The minimum atomic E-state index is -0.697. The molecule has 0 heterocycles. The van der Waals surface area contributed by atoms with Crippen LogP contribution in [0.3, 0.4) is 0 Å². The summed E-state index contributed by atoms with van der Waals surface area (Å²) < 4.78 is 6.07. The zero-order valence-corrected chi connectivity index (χ0v) is 13.1. The molecule has 0 radical (unpaired) electrons. The topological polar surface area (TPSA) is 52.3 Å². The largest absolute Gasteiger partial charge is 0.446 e. The van der Waals surface area contributed by atoms with Gasteiger partial charge >= 0.3 is 6.09 Å². The third-order valence-corrected chi connectivity index (χ3v) is 2.85. The molecule has 2 N–H and O–H groups in total. The molecule has 0 aliphatic carbocycles. The summed E-state index contributed by atoms with van der Waals surface area (Å²) in [6.07, 6.45) is 10.6. The first-order chi connectivity index (χ1) is 8.63. The number of alkyl halides is 1. The van der Waals surface area contributed by atoms with Crippen molar-refractivity contribution in [3.8, 4) is 0 Å². The van der Waals surface area contributed by atoms with Crippen LogP contribution >= 0.6 is 22.6 Å². The van der Waals surface area contributed by atoms with E-state index in [-0.39, 0.29) is 6.10 Å². The lowest BCUT2D eigenvalue weighted by atomic mass is 10.0. The summed E-state index contributed by atoms with van der Waals surface area (Å²) in [5.74, 6) is 0. The van der Waals surface area contributed by atoms with Gasteiger partial charge in [-0.15, -0.1) is 0 Å². The molecule has 0 aromatic carbocycles. The molecular formula is C14H22INO2. The van der Waals surface area contributed by atoms with Crippen molar-refractivity contribution in [3.63, 3.8) is 0 Å². The third-order valence-electron chi connectivity index (χ3n) is 2.41. The standard InChI is InChI=1S/C14H22INO2/c1-3-5-7-12(9-10-15)11-13(8-6-4-2)18-14(16)17/h3,5,7,9,13H,1,4,6,8,10-11H2,2H3,(H2,16,17)/b7-5-,12-9+/t13-/m0/s1. The number of primary amides is 1. The molecule has 0 bridgehead atoms. The third kappa shape index (κ3) is 9.27. The Labute approximate surface area is 123 Å². The van der Waals surface area contributed by atoms with Crippen LogP contribution in [0.15, 0.2) is 36.5 Å². The van der Waals surface area contributed by atoms with Gasteiger partial charge in [-0.2, -0.15) is 0 Å². The van der Waals surface area contributed by atoms with E-state index in [1.807, 2.05) is 12.2 Å². The average Bonchev–Trinajstić information content (AvgIpc) is 2.32. The van der Waals surface area contributed by atoms with Crippen LogP contribution in [0.2, 0.25) is 0 Å². The fourth-order valence-electron chi connectivity index (χ4n) is 1.57. The Morgan fingerprint density at radius 3 is 2.78 bits per heavy atom. The quantitative estimate of drug-likeness (QED) is 0.380. The van der Waals surface area contributed by atoms with E-state index in [9.17, 15) is 4.79 Å². The predicted octanol–water partition coefficient (Wildman–Crippen LogP) is 4.13. The normalized spacial score (nSPS) is 13.6. The molecule has 0 aromatic heterocycles. The highest BCUT2D eigenvalue weighted by molar-refractivity contribution is 14.1. The highest BCUT2D eigenvalue weighted by Gasteiger charge is 2.13. The summed E-state index contributed by atoms with van der Waals surface area (Å²) in [7, 11) is 0. The fraction of sp³-hybridized carbons (Fsp3) is 0.500. The summed E-state index contributed by atoms with van der Waals surface area (Å²) in [6, 6.07) is 0. The van der Waals surface area contributed by atoms with Gasteiger partial charge in [-0.3, -0.25) is 0 Å². The van der Waals surface area contributed by atoms with Gasteiger partial charge in [0, 0.05) is 10.8 Å². The van der Waals surface area contributed by atoms with E-state index >= 15 is 0 Å². The molecule has 4 heteroatoms. The second kappa shape index (κ2) is 11.3. The molecule has 0 rings (SSSR count). The Morgan fingerprint density at radius 1 is 1.56 bits per heavy atom. The van der Waals surface area contributed by atoms with Gasteiger partial charge in [-0.1, -0.05) is 73.2 Å². The number of hydrogen-bond acceptors (Lipinski definition) is 2. The Bertz CT molecular complexity index is 311. The lowest BCUT2D eigenvalue weighted by Gasteiger charge is -2.16. The summed E-state index contributed by atoms with van der Waals surface area (Å²) in [4.78, 5) is 10.9. The maximum Gasteiger partial charge on any atom is 0.404 e. The van der Waals surface area contributed by atoms with Gasteiger partial charge in [0.1, 0.15) is 6.10 Å². The van der Waals surface area contributed by atoms with Gasteiger partial charge in [0.15, 0.2) is 0 Å². The maximum absolute atomic E-state index is 10.9. The molecule has 1 atom stereocenters. The van der Waals surface area contributed by atoms with Crippen LogP contribution in [-0.2, 0) is 4.74 Å². The van der Waals surface area contributed by atoms with Crippen molar-refractivity contribution in [1.82, 2.24) is 0 Å². The second-order valence-electron chi connectivity index (χ2n) is 3.93. The number of allylic oxidation sites excluding steroid dienone is 4. The van der Waals surface area contributed by atoms with Crippen LogP contribution in [0.25, 0.3) is 0 Å². The number of nitrogens with two attached hydrogens (primary N) is 1. The first kappa shape index (κ1) is 17.2. The number of unbranched alkanes of at least 4 members (excludes halogenated alkanes) is 1. The van der Waals surface area contributed by atoms with Gasteiger partial charge in [-0.25, -0.2) is 4.79 Å². The fourth-order valence-corrected chi connectivity index (χ4v) is 2.14. The van der Waals surface area contributed by atoms with E-state index < -0.39 is 6.09 Å². The Morgan fingerprint density at radius 2 is 2.28 bits per heavy atom. The molecule has 18 heavy (non-hydrogen) atoms. The summed E-state index contributed by atoms with van der Waals surface area (Å²) >= 11 is 2.29. The van der Waals surface area contributed by atoms with E-state index in [1.165, 1.54) is 0 Å². The van der Waals surface area contributed by atoms with Crippen LogP contribution in [0.4, 0.5) is 4.79 Å². The van der Waals surface area contributed by atoms with Crippen LogP contribution in [0.5, 0.6) is 0 Å². The lowest BCUT2D eigenvalue weighted by Crippen LogP contribution is -2.23. The van der Waals surface area contributed by atoms with E-state index in [0.717, 1.165) is 29.3 Å². The van der Waals surface area contributed by atoms with E-state index in [0.29, 0.717) is 6.42 Å². The molecule has 102 valence electrons. The van der Waals surface area contributed by atoms with Gasteiger partial charge in [0.05, 0.1) is 0 Å². The summed E-state index contributed by atoms with van der Waals surface area (Å²) in [5.41, 5.74) is 6.24. The van der Waals surface area contributed by atoms with Gasteiger partial charge in [0.25, 0.3) is 0 Å². The molecule has 1 amide bonds. The smallest absolute Gasteiger partial charge is 0.404 e. The molecule has 0 fully saturated rings. The van der Waals surface area contributed by atoms with Crippen molar-refractivity contribution >= 4 is 28.7 Å². The number of hydrogen-bond donors (Lipinski definition) is 1. The van der Waals surface area contributed by atoms with Gasteiger partial charge < -0.3 is 10.5 Å². The summed E-state index contributed by atoms with van der Waals surface area (Å²) in [6.45, 7) is 5.76. The Kier molecular flexibility index (Phi) is 10.8. The molecule has 0 unspecified atom stereocenters. The average molecular weight is 363 g/mol. The number of ether oxygens (including phenoxy) is 1. The highest BCUT2D eigenvalue weighted by Crippen LogP contribution is 2.16. The van der Waals surface area contributed by atoms with Crippen molar-refractivity contribution < 1.29 is 9.53 Å². The molecular weight excluding hydrogens is 341 g/mol. The zero-order chi connectivity index (χ0) is 13.8. The predicted molar refractivity (Wildman–Crippen MR) is 84.9 cm³/mol. The van der Waals surface area contributed by atoms with Crippen molar-refractivity contribution in [1.29, 1.82) is 0 Å². The van der Waals surface area contributed by atoms with Crippen LogP contribution < -0.4 is 5.73 Å². The SMILES string of the molecule is C=C/C=C\C(=C/CI)C[C@H](CCCC)OC(N)=O. The van der Waals surface area contributed by atoms with E-state index in [2.05, 4.69) is 42.2 Å². The molecule has 0 saturated carbocycles. The van der Waals surface area contributed by atoms with E-state index in [4.69, 9.17) is 10.5 Å². The number of carbonyl (C=O) groups excluding carboxylic acids is 1. The first-order valence-corrected chi connectivity index (χ1v) is 7.66. The minimum Gasteiger partial charge on any atom is -0.446 e. The number of rotatable bonds is 9. The molecule has 0 spiro atoms. The molecule has 3 nitrogen and oxygen atoms in total. The molecule has 0 aliphatic heterocycles. The van der Waals surface area contributed by atoms with Gasteiger partial charge in [0.2, 0.25) is 0 Å². The maximum atomic E-state index is 10.9. The molecule has 0 aromatic rings. The van der Waals surface area contributed by atoms with Crippen molar-refractivity contribution in [3.05, 3.63) is 36.5 Å². The van der Waals surface area contributed by atoms with Gasteiger partial charge in [-0.05, 0) is 12.0 Å².